The normalized spacial score (nSPS) is 23.0. The molecule has 0 aliphatic carbocycles. The van der Waals surface area contributed by atoms with Crippen LogP contribution in [0.5, 0.6) is 0 Å². The maximum Gasteiger partial charge on any atom is 0.326 e. The molecule has 2 aromatic carbocycles. The molecule has 2 saturated heterocycles. The Morgan fingerprint density at radius 3 is 2.45 bits per heavy atom. The first-order valence-corrected chi connectivity index (χ1v) is 10.2. The first-order chi connectivity index (χ1) is 14.2. The smallest absolute Gasteiger partial charge is 0.326 e. The number of aromatic nitrogens is 2. The molecule has 3 N–H and O–H groups in total. The first kappa shape index (κ1) is 18.1. The molecule has 3 aromatic rings. The molecule has 2 atom stereocenters. The summed E-state index contributed by atoms with van der Waals surface area (Å²) in [5.74, 6) is 0.139. The van der Waals surface area contributed by atoms with Crippen LogP contribution in [0, 0.1) is 0 Å². The van der Waals surface area contributed by atoms with Gasteiger partial charge in [-0.05, 0) is 37.0 Å². The number of fused-ring (bicyclic) bond motifs is 1. The van der Waals surface area contributed by atoms with Crippen LogP contribution in [0.15, 0.2) is 59.4 Å². The number of likely N-dealkylation sites (tertiary alicyclic amines) is 1. The summed E-state index contributed by atoms with van der Waals surface area (Å²) in [5.41, 5.74) is 9.35. The van der Waals surface area contributed by atoms with Crippen molar-refractivity contribution in [2.75, 3.05) is 13.1 Å². The quantitative estimate of drug-likeness (QED) is 0.639. The standard InChI is InChI=1S/C22H25N5O2/c28-21(19-14-18(24-25-19)15-6-2-1-3-7-15)26-12-10-16(11-13-26)27-20-9-5-4-8-17(20)23-22(27)29/h1-9,16,18-19,24-25H,10-14H2,(H,23,29). The van der Waals surface area contributed by atoms with Crippen LogP contribution in [0.3, 0.4) is 0 Å². The Kier molecular flexibility index (Phi) is 4.69. The van der Waals surface area contributed by atoms with Gasteiger partial charge in [-0.2, -0.15) is 0 Å². The minimum atomic E-state index is -0.215. The molecule has 1 amide bonds. The fraction of sp³-hybridized carbons (Fsp3) is 0.364. The number of amides is 1. The van der Waals surface area contributed by atoms with E-state index in [2.05, 4.69) is 28.0 Å². The summed E-state index contributed by atoms with van der Waals surface area (Å²) >= 11 is 0. The number of piperidine rings is 1. The van der Waals surface area contributed by atoms with E-state index in [4.69, 9.17) is 0 Å². The number of hydrogen-bond acceptors (Lipinski definition) is 4. The Hall–Kier alpha value is -2.90. The van der Waals surface area contributed by atoms with Crippen molar-refractivity contribution in [3.8, 4) is 0 Å². The number of benzene rings is 2. The van der Waals surface area contributed by atoms with Gasteiger partial charge in [0, 0.05) is 25.2 Å². The minimum absolute atomic E-state index is 0.0664. The van der Waals surface area contributed by atoms with Crippen molar-refractivity contribution in [3.05, 3.63) is 70.6 Å². The van der Waals surface area contributed by atoms with Crippen molar-refractivity contribution in [2.24, 2.45) is 0 Å². The van der Waals surface area contributed by atoms with E-state index >= 15 is 0 Å². The van der Waals surface area contributed by atoms with Crippen molar-refractivity contribution in [1.82, 2.24) is 25.3 Å². The van der Waals surface area contributed by atoms with E-state index in [1.807, 2.05) is 51.9 Å². The second-order valence-corrected chi connectivity index (χ2v) is 7.91. The number of hydrogen-bond donors (Lipinski definition) is 3. The molecule has 0 bridgehead atoms. The summed E-state index contributed by atoms with van der Waals surface area (Å²) in [6.45, 7) is 1.34. The van der Waals surface area contributed by atoms with Gasteiger partial charge in [-0.15, -0.1) is 0 Å². The minimum Gasteiger partial charge on any atom is -0.341 e. The van der Waals surface area contributed by atoms with Gasteiger partial charge in [-0.25, -0.2) is 15.6 Å². The van der Waals surface area contributed by atoms with Gasteiger partial charge in [-0.1, -0.05) is 42.5 Å². The van der Waals surface area contributed by atoms with Gasteiger partial charge in [0.2, 0.25) is 5.91 Å². The number of nitrogens with zero attached hydrogens (tertiary/aromatic N) is 2. The molecule has 0 radical (unpaired) electrons. The van der Waals surface area contributed by atoms with Crippen LogP contribution >= 0.6 is 0 Å². The molecule has 7 heteroatoms. The molecular formula is C22H25N5O2. The van der Waals surface area contributed by atoms with Crippen LogP contribution in [0.2, 0.25) is 0 Å². The molecule has 0 saturated carbocycles. The zero-order valence-corrected chi connectivity index (χ0v) is 16.2. The molecule has 150 valence electrons. The second kappa shape index (κ2) is 7.50. The molecular weight excluding hydrogens is 366 g/mol. The highest BCUT2D eigenvalue weighted by Crippen LogP contribution is 2.27. The monoisotopic (exact) mass is 391 g/mol. The third kappa shape index (κ3) is 3.36. The highest BCUT2D eigenvalue weighted by atomic mass is 16.2. The topological polar surface area (TPSA) is 82.2 Å². The fourth-order valence-corrected chi connectivity index (χ4v) is 4.62. The summed E-state index contributed by atoms with van der Waals surface area (Å²) in [6.07, 6.45) is 2.32. The molecule has 29 heavy (non-hydrogen) atoms. The van der Waals surface area contributed by atoms with E-state index in [9.17, 15) is 9.59 Å². The van der Waals surface area contributed by atoms with Gasteiger partial charge < -0.3 is 9.88 Å². The van der Waals surface area contributed by atoms with E-state index in [1.165, 1.54) is 5.56 Å². The van der Waals surface area contributed by atoms with Crippen molar-refractivity contribution in [3.63, 3.8) is 0 Å². The number of carbonyl (C=O) groups excluding carboxylic acids is 1. The zero-order valence-electron chi connectivity index (χ0n) is 16.2. The van der Waals surface area contributed by atoms with E-state index < -0.39 is 0 Å². The van der Waals surface area contributed by atoms with Gasteiger partial charge in [0.1, 0.15) is 6.04 Å². The number of imidazole rings is 1. The zero-order chi connectivity index (χ0) is 19.8. The predicted octanol–water partition coefficient (Wildman–Crippen LogP) is 2.10. The number of carbonyl (C=O) groups is 1. The van der Waals surface area contributed by atoms with Crippen LogP contribution in [0.1, 0.15) is 36.9 Å². The highest BCUT2D eigenvalue weighted by Gasteiger charge is 2.34. The van der Waals surface area contributed by atoms with Gasteiger partial charge >= 0.3 is 5.69 Å². The van der Waals surface area contributed by atoms with Crippen LogP contribution < -0.4 is 16.5 Å². The third-order valence-electron chi connectivity index (χ3n) is 6.17. The summed E-state index contributed by atoms with van der Waals surface area (Å²) < 4.78 is 1.86. The SMILES string of the molecule is O=C(C1CC(c2ccccc2)NN1)N1CCC(n2c(=O)[nH]c3ccccc32)CC1. The van der Waals surface area contributed by atoms with E-state index in [1.54, 1.807) is 0 Å². The van der Waals surface area contributed by atoms with E-state index in [0.29, 0.717) is 13.1 Å². The molecule has 1 aromatic heterocycles. The average Bonchev–Trinajstić information content (AvgIpc) is 3.38. The Morgan fingerprint density at radius 1 is 0.931 bits per heavy atom. The van der Waals surface area contributed by atoms with Crippen molar-refractivity contribution in [2.45, 2.75) is 37.4 Å². The van der Waals surface area contributed by atoms with E-state index in [-0.39, 0.29) is 29.7 Å². The highest BCUT2D eigenvalue weighted by molar-refractivity contribution is 5.82. The number of H-pyrrole nitrogens is 1. The summed E-state index contributed by atoms with van der Waals surface area (Å²) in [4.78, 5) is 30.3. The summed E-state index contributed by atoms with van der Waals surface area (Å²) in [7, 11) is 0. The molecule has 2 aliphatic heterocycles. The van der Waals surface area contributed by atoms with Crippen molar-refractivity contribution >= 4 is 16.9 Å². The summed E-state index contributed by atoms with van der Waals surface area (Å²) in [6, 6.07) is 18.0. The predicted molar refractivity (Wildman–Crippen MR) is 111 cm³/mol. The average molecular weight is 391 g/mol. The Morgan fingerprint density at radius 2 is 1.66 bits per heavy atom. The summed E-state index contributed by atoms with van der Waals surface area (Å²) in [5, 5.41) is 0. The molecule has 3 heterocycles. The first-order valence-electron chi connectivity index (χ1n) is 10.2. The lowest BCUT2D eigenvalue weighted by Gasteiger charge is -2.34. The number of aromatic amines is 1. The number of nitrogens with one attached hydrogen (secondary N) is 3. The van der Waals surface area contributed by atoms with Crippen molar-refractivity contribution < 1.29 is 4.79 Å². The van der Waals surface area contributed by atoms with Crippen molar-refractivity contribution in [1.29, 1.82) is 0 Å². The van der Waals surface area contributed by atoms with Crippen LogP contribution in [0.4, 0.5) is 0 Å². The molecule has 2 fully saturated rings. The Balaban J connectivity index is 1.23. The van der Waals surface area contributed by atoms with Gasteiger partial charge in [0.05, 0.1) is 11.0 Å². The molecule has 5 rings (SSSR count). The van der Waals surface area contributed by atoms with Gasteiger partial charge in [0.25, 0.3) is 0 Å². The second-order valence-electron chi connectivity index (χ2n) is 7.91. The fourth-order valence-electron chi connectivity index (χ4n) is 4.62. The molecule has 2 aliphatic rings. The Bertz CT molecular complexity index is 1070. The molecule has 0 spiro atoms. The van der Waals surface area contributed by atoms with Crippen LogP contribution in [-0.2, 0) is 4.79 Å². The lowest BCUT2D eigenvalue weighted by molar-refractivity contribution is -0.134. The lowest BCUT2D eigenvalue weighted by atomic mass is 10.00. The number of para-hydroxylation sites is 2. The van der Waals surface area contributed by atoms with Gasteiger partial charge in [-0.3, -0.25) is 9.36 Å². The largest absolute Gasteiger partial charge is 0.341 e. The van der Waals surface area contributed by atoms with Crippen LogP contribution in [-0.4, -0.2) is 39.5 Å². The molecule has 2 unspecified atom stereocenters. The van der Waals surface area contributed by atoms with Gasteiger partial charge in [0.15, 0.2) is 0 Å². The maximum absolute atomic E-state index is 13.0. The number of hydrazine groups is 1. The third-order valence-corrected chi connectivity index (χ3v) is 6.17. The molecule has 7 nitrogen and oxygen atoms in total. The number of rotatable bonds is 3. The maximum atomic E-state index is 13.0. The van der Waals surface area contributed by atoms with Crippen LogP contribution in [0.25, 0.3) is 11.0 Å². The Labute approximate surface area is 168 Å². The lowest BCUT2D eigenvalue weighted by Crippen LogP contribution is -2.48. The van der Waals surface area contributed by atoms with E-state index in [0.717, 1.165) is 30.3 Å².